The molecule has 4 nitrogen and oxygen atoms in total. The van der Waals surface area contributed by atoms with Crippen LogP contribution in [0.3, 0.4) is 0 Å². The largest absolute Gasteiger partial charge is 0.389 e. The molecule has 1 saturated heterocycles. The van der Waals surface area contributed by atoms with Crippen LogP contribution in [0, 0.1) is 6.92 Å². The number of pyridine rings is 1. The maximum Gasteiger partial charge on any atom is 0.129 e. The third kappa shape index (κ3) is 3.22. The molecule has 2 N–H and O–H groups in total. The van der Waals surface area contributed by atoms with Crippen LogP contribution in [0.5, 0.6) is 0 Å². The van der Waals surface area contributed by atoms with Crippen molar-refractivity contribution in [1.82, 2.24) is 4.98 Å². The van der Waals surface area contributed by atoms with Crippen LogP contribution in [0.15, 0.2) is 12.1 Å². The first-order valence-electron chi connectivity index (χ1n) is 6.68. The average Bonchev–Trinajstić information content (AvgIpc) is 2.37. The predicted octanol–water partition coefficient (Wildman–Crippen LogP) is 2.03. The zero-order valence-electron chi connectivity index (χ0n) is 11.7. The molecular formula is C14H21N3OS. The van der Waals surface area contributed by atoms with Crippen molar-refractivity contribution in [3.05, 3.63) is 23.4 Å². The van der Waals surface area contributed by atoms with Gasteiger partial charge >= 0.3 is 0 Å². The fourth-order valence-corrected chi connectivity index (χ4v) is 2.52. The second-order valence-corrected chi connectivity index (χ2v) is 5.52. The minimum atomic E-state index is 0.221. The number of aromatic nitrogens is 1. The number of hydrogen-bond donors (Lipinski definition) is 1. The SMILES string of the molecule is CCC1COC(C)CN1c1cc(C(N)=S)cc(C)n1. The first kappa shape index (κ1) is 14.2. The number of hydrogen-bond acceptors (Lipinski definition) is 4. The monoisotopic (exact) mass is 279 g/mol. The van der Waals surface area contributed by atoms with Gasteiger partial charge in [-0.25, -0.2) is 4.98 Å². The Morgan fingerprint density at radius 1 is 1.58 bits per heavy atom. The minimum Gasteiger partial charge on any atom is -0.389 e. The molecule has 104 valence electrons. The Hall–Kier alpha value is -1.20. The number of thiocarbonyl (C=S) groups is 1. The number of ether oxygens (including phenoxy) is 1. The quantitative estimate of drug-likeness (QED) is 0.858. The van der Waals surface area contributed by atoms with Gasteiger partial charge in [0.15, 0.2) is 0 Å². The molecule has 0 aromatic carbocycles. The summed E-state index contributed by atoms with van der Waals surface area (Å²) in [6, 6.07) is 4.27. The molecule has 0 amide bonds. The first-order valence-corrected chi connectivity index (χ1v) is 7.08. The lowest BCUT2D eigenvalue weighted by Crippen LogP contribution is -2.49. The van der Waals surface area contributed by atoms with E-state index < -0.39 is 0 Å². The summed E-state index contributed by atoms with van der Waals surface area (Å²) in [6.07, 6.45) is 1.25. The summed E-state index contributed by atoms with van der Waals surface area (Å²) in [7, 11) is 0. The Bertz CT molecular complexity index is 478. The summed E-state index contributed by atoms with van der Waals surface area (Å²) in [5.74, 6) is 0.949. The molecule has 1 aliphatic heterocycles. The van der Waals surface area contributed by atoms with E-state index in [2.05, 4.69) is 23.7 Å². The number of rotatable bonds is 3. The topological polar surface area (TPSA) is 51.4 Å². The fraction of sp³-hybridized carbons (Fsp3) is 0.571. The predicted molar refractivity (Wildman–Crippen MR) is 81.7 cm³/mol. The molecule has 2 rings (SSSR count). The molecular weight excluding hydrogens is 258 g/mol. The first-order chi connectivity index (χ1) is 9.01. The Morgan fingerprint density at radius 2 is 2.32 bits per heavy atom. The highest BCUT2D eigenvalue weighted by atomic mass is 32.1. The van der Waals surface area contributed by atoms with E-state index in [1.165, 1.54) is 0 Å². The Labute approximate surface area is 120 Å². The van der Waals surface area contributed by atoms with Crippen LogP contribution in [0.25, 0.3) is 0 Å². The van der Waals surface area contributed by atoms with E-state index >= 15 is 0 Å². The Kier molecular flexibility index (Phi) is 4.37. The van der Waals surface area contributed by atoms with Crippen molar-refractivity contribution in [2.45, 2.75) is 39.3 Å². The van der Waals surface area contributed by atoms with Crippen molar-refractivity contribution in [3.63, 3.8) is 0 Å². The van der Waals surface area contributed by atoms with Gasteiger partial charge in [0, 0.05) is 17.8 Å². The van der Waals surface area contributed by atoms with Gasteiger partial charge in [-0.15, -0.1) is 0 Å². The molecule has 2 heterocycles. The van der Waals surface area contributed by atoms with Crippen LogP contribution in [-0.2, 0) is 4.74 Å². The number of nitrogens with zero attached hydrogens (tertiary/aromatic N) is 2. The molecule has 1 aliphatic rings. The lowest BCUT2D eigenvalue weighted by molar-refractivity contribution is 0.0296. The zero-order chi connectivity index (χ0) is 14.0. The van der Waals surface area contributed by atoms with Crippen LogP contribution in [0.2, 0.25) is 0 Å². The van der Waals surface area contributed by atoms with Gasteiger partial charge in [-0.1, -0.05) is 19.1 Å². The van der Waals surface area contributed by atoms with Crippen LogP contribution in [0.4, 0.5) is 5.82 Å². The standard InChI is InChI=1S/C14H21N3OS/c1-4-12-8-18-10(3)7-17(12)13-6-11(14(15)19)5-9(2)16-13/h5-6,10,12H,4,7-8H2,1-3H3,(H2,15,19). The van der Waals surface area contributed by atoms with Gasteiger partial charge in [0.05, 0.1) is 18.8 Å². The van der Waals surface area contributed by atoms with Gasteiger partial charge in [-0.2, -0.15) is 0 Å². The lowest BCUT2D eigenvalue weighted by Gasteiger charge is -2.39. The van der Waals surface area contributed by atoms with E-state index in [1.54, 1.807) is 0 Å². The maximum atomic E-state index is 5.74. The van der Waals surface area contributed by atoms with Crippen molar-refractivity contribution >= 4 is 23.0 Å². The number of anilines is 1. The fourth-order valence-electron chi connectivity index (χ4n) is 2.40. The van der Waals surface area contributed by atoms with E-state index in [-0.39, 0.29) is 6.10 Å². The van der Waals surface area contributed by atoms with Gasteiger partial charge in [0.25, 0.3) is 0 Å². The summed E-state index contributed by atoms with van der Waals surface area (Å²) in [6.45, 7) is 7.82. The van der Waals surface area contributed by atoms with Crippen LogP contribution >= 0.6 is 12.2 Å². The van der Waals surface area contributed by atoms with Crippen molar-refractivity contribution < 1.29 is 4.74 Å². The summed E-state index contributed by atoms with van der Waals surface area (Å²) in [5, 5.41) is 0. The normalized spacial score (nSPS) is 23.4. The molecule has 5 heteroatoms. The highest BCUT2D eigenvalue weighted by Crippen LogP contribution is 2.23. The molecule has 0 bridgehead atoms. The van der Waals surface area contributed by atoms with Gasteiger partial charge in [-0.05, 0) is 32.4 Å². The third-order valence-corrected chi connectivity index (χ3v) is 3.69. The number of aryl methyl sites for hydroxylation is 1. The average molecular weight is 279 g/mol. The van der Waals surface area contributed by atoms with Crippen molar-refractivity contribution in [2.24, 2.45) is 5.73 Å². The molecule has 1 aromatic heterocycles. The summed E-state index contributed by atoms with van der Waals surface area (Å²) in [5.41, 5.74) is 7.56. The zero-order valence-corrected chi connectivity index (χ0v) is 12.5. The molecule has 0 radical (unpaired) electrons. The molecule has 0 aliphatic carbocycles. The number of nitrogens with two attached hydrogens (primary N) is 1. The van der Waals surface area contributed by atoms with E-state index in [1.807, 2.05) is 19.1 Å². The van der Waals surface area contributed by atoms with Gasteiger partial charge in [0.2, 0.25) is 0 Å². The lowest BCUT2D eigenvalue weighted by atomic mass is 10.1. The van der Waals surface area contributed by atoms with Gasteiger partial charge in [-0.3, -0.25) is 0 Å². The molecule has 2 atom stereocenters. The second-order valence-electron chi connectivity index (χ2n) is 5.08. The summed E-state index contributed by atoms with van der Waals surface area (Å²) in [4.78, 5) is 7.35. The molecule has 19 heavy (non-hydrogen) atoms. The van der Waals surface area contributed by atoms with Gasteiger partial charge in [0.1, 0.15) is 10.8 Å². The van der Waals surface area contributed by atoms with E-state index in [0.29, 0.717) is 11.0 Å². The van der Waals surface area contributed by atoms with Crippen molar-refractivity contribution in [2.75, 3.05) is 18.1 Å². The van der Waals surface area contributed by atoms with E-state index in [9.17, 15) is 0 Å². The summed E-state index contributed by atoms with van der Waals surface area (Å²) >= 11 is 5.07. The molecule has 0 saturated carbocycles. The van der Waals surface area contributed by atoms with E-state index in [0.717, 1.165) is 36.6 Å². The Morgan fingerprint density at radius 3 is 2.95 bits per heavy atom. The van der Waals surface area contributed by atoms with E-state index in [4.69, 9.17) is 22.7 Å². The van der Waals surface area contributed by atoms with Crippen molar-refractivity contribution in [1.29, 1.82) is 0 Å². The third-order valence-electron chi connectivity index (χ3n) is 3.46. The molecule has 0 spiro atoms. The van der Waals surface area contributed by atoms with Crippen LogP contribution in [0.1, 0.15) is 31.5 Å². The smallest absolute Gasteiger partial charge is 0.129 e. The highest BCUT2D eigenvalue weighted by molar-refractivity contribution is 7.80. The van der Waals surface area contributed by atoms with Crippen LogP contribution in [-0.4, -0.2) is 35.3 Å². The van der Waals surface area contributed by atoms with Gasteiger partial charge < -0.3 is 15.4 Å². The molecule has 1 aromatic rings. The minimum absolute atomic E-state index is 0.221. The summed E-state index contributed by atoms with van der Waals surface area (Å²) < 4.78 is 5.72. The highest BCUT2D eigenvalue weighted by Gasteiger charge is 2.26. The number of morpholine rings is 1. The molecule has 1 fully saturated rings. The van der Waals surface area contributed by atoms with Crippen molar-refractivity contribution in [3.8, 4) is 0 Å². The second kappa shape index (κ2) is 5.84. The maximum absolute atomic E-state index is 5.74. The Balaban J connectivity index is 2.35. The molecule has 2 unspecified atom stereocenters. The van der Waals surface area contributed by atoms with Crippen LogP contribution < -0.4 is 10.6 Å².